The van der Waals surface area contributed by atoms with Gasteiger partial charge in [-0.15, -0.1) is 0 Å². The smallest absolute Gasteiger partial charge is 0.164 e. The Bertz CT molecular complexity index is 890. The van der Waals surface area contributed by atoms with E-state index in [9.17, 15) is 4.79 Å². The van der Waals surface area contributed by atoms with Crippen molar-refractivity contribution in [1.82, 2.24) is 0 Å². The highest BCUT2D eigenvalue weighted by Gasteiger charge is 2.50. The Labute approximate surface area is 129 Å². The fourth-order valence-corrected chi connectivity index (χ4v) is 4.34. The van der Waals surface area contributed by atoms with Crippen LogP contribution < -0.4 is 0 Å². The van der Waals surface area contributed by atoms with Gasteiger partial charge in [0.1, 0.15) is 0 Å². The third-order valence-electron chi connectivity index (χ3n) is 5.18. The highest BCUT2D eigenvalue weighted by molar-refractivity contribution is 6.06. The molecule has 2 aliphatic rings. The SMILES string of the molecule is O=C1CC2(c3ccccc31)c1ccccc1-c1ccccc12. The Morgan fingerprint density at radius 2 is 1.00 bits per heavy atom. The Morgan fingerprint density at radius 1 is 0.591 bits per heavy atom. The van der Waals surface area contributed by atoms with E-state index < -0.39 is 0 Å². The molecule has 0 saturated heterocycles. The summed E-state index contributed by atoms with van der Waals surface area (Å²) in [6.45, 7) is 0. The second kappa shape index (κ2) is 3.95. The van der Waals surface area contributed by atoms with Crippen LogP contribution in [0.4, 0.5) is 0 Å². The summed E-state index contributed by atoms with van der Waals surface area (Å²) >= 11 is 0. The largest absolute Gasteiger partial charge is 0.294 e. The van der Waals surface area contributed by atoms with E-state index in [1.807, 2.05) is 18.2 Å². The number of Topliss-reactive ketones (excluding diaryl/α,β-unsaturated/α-hetero) is 1. The molecule has 0 atom stereocenters. The van der Waals surface area contributed by atoms with Gasteiger partial charge in [0.05, 0.1) is 5.41 Å². The van der Waals surface area contributed by atoms with Crippen molar-refractivity contribution in [3.05, 3.63) is 95.1 Å². The van der Waals surface area contributed by atoms with Gasteiger partial charge in [0.25, 0.3) is 0 Å². The topological polar surface area (TPSA) is 17.1 Å². The number of carbonyl (C=O) groups is 1. The van der Waals surface area contributed by atoms with Crippen LogP contribution in [0.25, 0.3) is 11.1 Å². The first kappa shape index (κ1) is 11.9. The zero-order valence-corrected chi connectivity index (χ0v) is 12.0. The van der Waals surface area contributed by atoms with E-state index in [0.717, 1.165) is 11.1 Å². The van der Waals surface area contributed by atoms with Crippen molar-refractivity contribution in [2.75, 3.05) is 0 Å². The van der Waals surface area contributed by atoms with Crippen LogP contribution in [0.2, 0.25) is 0 Å². The van der Waals surface area contributed by atoms with Crippen LogP contribution in [-0.4, -0.2) is 5.78 Å². The van der Waals surface area contributed by atoms with Gasteiger partial charge in [-0.05, 0) is 27.8 Å². The summed E-state index contributed by atoms with van der Waals surface area (Å²) < 4.78 is 0. The average Bonchev–Trinajstić information content (AvgIpc) is 3.04. The molecule has 0 saturated carbocycles. The van der Waals surface area contributed by atoms with Crippen molar-refractivity contribution in [2.24, 2.45) is 0 Å². The van der Waals surface area contributed by atoms with E-state index in [1.165, 1.54) is 22.3 Å². The molecule has 104 valence electrons. The summed E-state index contributed by atoms with van der Waals surface area (Å²) in [5, 5.41) is 0. The predicted octanol–water partition coefficient (Wildman–Crippen LogP) is 4.59. The quantitative estimate of drug-likeness (QED) is 0.589. The predicted molar refractivity (Wildman–Crippen MR) is 87.1 cm³/mol. The van der Waals surface area contributed by atoms with Crippen LogP contribution in [0, 0.1) is 0 Å². The van der Waals surface area contributed by atoms with Gasteiger partial charge in [-0.3, -0.25) is 4.79 Å². The normalized spacial score (nSPS) is 16.5. The van der Waals surface area contributed by atoms with Gasteiger partial charge in [0, 0.05) is 12.0 Å². The molecular weight excluding hydrogens is 268 g/mol. The second-order valence-electron chi connectivity index (χ2n) is 6.14. The lowest BCUT2D eigenvalue weighted by Crippen LogP contribution is -2.24. The molecule has 0 fully saturated rings. The molecule has 3 aromatic carbocycles. The molecule has 0 unspecified atom stereocenters. The van der Waals surface area contributed by atoms with E-state index in [2.05, 4.69) is 54.6 Å². The molecule has 1 spiro atoms. The first-order valence-corrected chi connectivity index (χ1v) is 7.64. The van der Waals surface area contributed by atoms with Gasteiger partial charge >= 0.3 is 0 Å². The maximum absolute atomic E-state index is 12.6. The lowest BCUT2D eigenvalue weighted by molar-refractivity contribution is 0.0984. The van der Waals surface area contributed by atoms with Gasteiger partial charge in [0.15, 0.2) is 5.78 Å². The summed E-state index contributed by atoms with van der Waals surface area (Å²) in [5.74, 6) is 0.252. The van der Waals surface area contributed by atoms with E-state index in [-0.39, 0.29) is 11.2 Å². The van der Waals surface area contributed by atoms with Crippen molar-refractivity contribution in [3.63, 3.8) is 0 Å². The zero-order valence-electron chi connectivity index (χ0n) is 12.0. The number of rotatable bonds is 0. The highest BCUT2D eigenvalue weighted by Crippen LogP contribution is 2.57. The number of carbonyl (C=O) groups excluding carboxylic acids is 1. The molecule has 1 heteroatoms. The summed E-state index contributed by atoms with van der Waals surface area (Å²) in [6.07, 6.45) is 0.542. The van der Waals surface area contributed by atoms with Crippen molar-refractivity contribution < 1.29 is 4.79 Å². The zero-order chi connectivity index (χ0) is 14.7. The third kappa shape index (κ3) is 1.23. The maximum Gasteiger partial charge on any atom is 0.164 e. The summed E-state index contributed by atoms with van der Waals surface area (Å²) in [6, 6.07) is 25.1. The number of fused-ring (bicyclic) bond motifs is 7. The number of hydrogen-bond donors (Lipinski definition) is 0. The minimum atomic E-state index is -0.291. The van der Waals surface area contributed by atoms with Gasteiger partial charge < -0.3 is 0 Å². The summed E-state index contributed by atoms with van der Waals surface area (Å²) in [7, 11) is 0. The average molecular weight is 282 g/mol. The molecule has 1 nitrogen and oxygen atoms in total. The lowest BCUT2D eigenvalue weighted by atomic mass is 9.73. The third-order valence-corrected chi connectivity index (χ3v) is 5.18. The molecule has 2 aliphatic carbocycles. The molecule has 0 amide bonds. The molecule has 0 radical (unpaired) electrons. The minimum absolute atomic E-state index is 0.252. The molecule has 0 N–H and O–H groups in total. The molecule has 0 aromatic heterocycles. The van der Waals surface area contributed by atoms with Crippen molar-refractivity contribution in [1.29, 1.82) is 0 Å². The molecule has 22 heavy (non-hydrogen) atoms. The fraction of sp³-hybridized carbons (Fsp3) is 0.0952. The van der Waals surface area contributed by atoms with Crippen molar-refractivity contribution in [3.8, 4) is 11.1 Å². The Balaban J connectivity index is 1.96. The van der Waals surface area contributed by atoms with Gasteiger partial charge in [-0.25, -0.2) is 0 Å². The van der Waals surface area contributed by atoms with Crippen LogP contribution >= 0.6 is 0 Å². The monoisotopic (exact) mass is 282 g/mol. The molecule has 0 aliphatic heterocycles. The minimum Gasteiger partial charge on any atom is -0.294 e. The van der Waals surface area contributed by atoms with Crippen LogP contribution in [-0.2, 0) is 5.41 Å². The van der Waals surface area contributed by atoms with Crippen molar-refractivity contribution >= 4 is 5.78 Å². The molecule has 0 heterocycles. The Morgan fingerprint density at radius 3 is 1.55 bits per heavy atom. The first-order chi connectivity index (χ1) is 10.8. The summed E-state index contributed by atoms with van der Waals surface area (Å²) in [4.78, 5) is 12.6. The second-order valence-corrected chi connectivity index (χ2v) is 6.14. The van der Waals surface area contributed by atoms with Crippen LogP contribution in [0.15, 0.2) is 72.8 Å². The van der Waals surface area contributed by atoms with Crippen LogP contribution in [0.3, 0.4) is 0 Å². The molecule has 3 aromatic rings. The van der Waals surface area contributed by atoms with E-state index >= 15 is 0 Å². The lowest BCUT2D eigenvalue weighted by Gasteiger charge is -2.27. The number of ketones is 1. The van der Waals surface area contributed by atoms with Gasteiger partial charge in [-0.1, -0.05) is 72.8 Å². The van der Waals surface area contributed by atoms with E-state index in [1.54, 1.807) is 0 Å². The van der Waals surface area contributed by atoms with E-state index in [4.69, 9.17) is 0 Å². The van der Waals surface area contributed by atoms with Crippen LogP contribution in [0.5, 0.6) is 0 Å². The summed E-state index contributed by atoms with van der Waals surface area (Å²) in [5.41, 5.74) is 6.83. The molecular formula is C21H14O. The highest BCUT2D eigenvalue weighted by atomic mass is 16.1. The first-order valence-electron chi connectivity index (χ1n) is 7.64. The Hall–Kier alpha value is -2.67. The number of hydrogen-bond acceptors (Lipinski definition) is 1. The van der Waals surface area contributed by atoms with Gasteiger partial charge in [-0.2, -0.15) is 0 Å². The fourth-order valence-electron chi connectivity index (χ4n) is 4.34. The number of benzene rings is 3. The van der Waals surface area contributed by atoms with Gasteiger partial charge in [0.2, 0.25) is 0 Å². The molecule has 0 bridgehead atoms. The van der Waals surface area contributed by atoms with Crippen molar-refractivity contribution in [2.45, 2.75) is 11.8 Å². The standard InChI is InChI=1S/C21H14O/c22-20-13-21(19-12-6-3-9-16(19)20)17-10-4-1-7-14(17)15-8-2-5-11-18(15)21/h1-12H,13H2. The Kier molecular flexibility index (Phi) is 2.14. The molecule has 5 rings (SSSR count). The maximum atomic E-state index is 12.6. The van der Waals surface area contributed by atoms with Crippen LogP contribution in [0.1, 0.15) is 33.5 Å². The van der Waals surface area contributed by atoms with E-state index in [0.29, 0.717) is 6.42 Å².